The first kappa shape index (κ1) is 49.6. The van der Waals surface area contributed by atoms with Gasteiger partial charge in [-0.05, 0) is 75.7 Å². The van der Waals surface area contributed by atoms with Crippen molar-refractivity contribution in [2.24, 2.45) is 28.8 Å². The molecular weight excluding hydrogens is 851 g/mol. The molecule has 4 saturated heterocycles. The molecule has 6 heterocycles. The number of nitrogens with zero attached hydrogens (tertiary/aromatic N) is 1. The normalized spacial score (nSPS) is 47.5. The second kappa shape index (κ2) is 21.1. The molecule has 66 heavy (non-hydrogen) atoms. The van der Waals surface area contributed by atoms with E-state index >= 15 is 0 Å². The lowest BCUT2D eigenvalue weighted by molar-refractivity contribution is -0.318. The van der Waals surface area contributed by atoms with Gasteiger partial charge in [0.05, 0.1) is 49.3 Å². The third kappa shape index (κ3) is 10.2. The number of aliphatic hydroxyl groups excluding tert-OH is 1. The van der Waals surface area contributed by atoms with Crippen molar-refractivity contribution in [1.82, 2.24) is 0 Å². The van der Waals surface area contributed by atoms with E-state index in [4.69, 9.17) is 52.2 Å². The molecule has 2 N–H and O–H groups in total. The average Bonchev–Trinajstić information content (AvgIpc) is 3.64. The molecule has 8 aliphatic rings. The molecule has 15 nitrogen and oxygen atoms in total. The van der Waals surface area contributed by atoms with E-state index in [1.807, 2.05) is 38.2 Å². The molecule has 0 aromatic heterocycles. The Kier molecular flexibility index (Phi) is 15.8. The summed E-state index contributed by atoms with van der Waals surface area (Å²) in [6, 6.07) is 0. The molecular formula is C51H75NO14. The number of carbonyl (C=O) groups excluding carboxylic acids is 1. The van der Waals surface area contributed by atoms with Gasteiger partial charge >= 0.3 is 5.97 Å². The van der Waals surface area contributed by atoms with Crippen molar-refractivity contribution in [3.63, 3.8) is 0 Å². The summed E-state index contributed by atoms with van der Waals surface area (Å²) in [5.41, 5.74) is 0.797. The molecule has 5 fully saturated rings. The molecule has 368 valence electrons. The van der Waals surface area contributed by atoms with Crippen molar-refractivity contribution in [2.75, 3.05) is 27.9 Å². The second-order valence-electron chi connectivity index (χ2n) is 20.1. The molecule has 0 aromatic rings. The lowest BCUT2D eigenvalue weighted by Crippen LogP contribution is -2.57. The fraction of sp³-hybridized carbons (Fsp3) is 0.765. The van der Waals surface area contributed by atoms with Crippen LogP contribution in [0.3, 0.4) is 0 Å². The van der Waals surface area contributed by atoms with Gasteiger partial charge in [0.1, 0.15) is 48.8 Å². The van der Waals surface area contributed by atoms with Crippen LogP contribution in [0.5, 0.6) is 0 Å². The molecule has 2 aliphatic carbocycles. The van der Waals surface area contributed by atoms with Gasteiger partial charge in [-0.25, -0.2) is 0 Å². The minimum atomic E-state index is -1.79. The zero-order valence-electron chi connectivity index (χ0n) is 40.4. The second-order valence-corrected chi connectivity index (χ2v) is 20.1. The van der Waals surface area contributed by atoms with Crippen molar-refractivity contribution >= 4 is 11.7 Å². The first-order valence-corrected chi connectivity index (χ1v) is 24.5. The maximum atomic E-state index is 14.6. The van der Waals surface area contributed by atoms with Crippen LogP contribution in [0.1, 0.15) is 106 Å². The number of aliphatic hydroxyl groups is 2. The van der Waals surface area contributed by atoms with E-state index in [1.165, 1.54) is 26.4 Å². The fourth-order valence-electron chi connectivity index (χ4n) is 11.8. The van der Waals surface area contributed by atoms with E-state index in [2.05, 4.69) is 38.1 Å². The number of ether oxygens (including phenoxy) is 10. The van der Waals surface area contributed by atoms with Crippen molar-refractivity contribution in [1.29, 1.82) is 0 Å². The summed E-state index contributed by atoms with van der Waals surface area (Å²) in [4.78, 5) is 19.8. The minimum Gasteiger partial charge on any atom is -0.462 e. The lowest BCUT2D eigenvalue weighted by atomic mass is 9.71. The Morgan fingerprint density at radius 2 is 1.58 bits per heavy atom. The molecule has 8 rings (SSSR count). The molecule has 2 bridgehead atoms. The molecule has 18 atom stereocenters. The predicted molar refractivity (Wildman–Crippen MR) is 243 cm³/mol. The Balaban J connectivity index is 1.10. The molecule has 15 heteroatoms. The molecule has 0 aromatic carbocycles. The maximum absolute atomic E-state index is 14.6. The Labute approximate surface area is 390 Å². The highest BCUT2D eigenvalue weighted by Crippen LogP contribution is 2.47. The monoisotopic (exact) mass is 926 g/mol. The van der Waals surface area contributed by atoms with Gasteiger partial charge in [0.2, 0.25) is 0 Å². The van der Waals surface area contributed by atoms with E-state index in [9.17, 15) is 15.0 Å². The summed E-state index contributed by atoms with van der Waals surface area (Å²) in [7, 11) is 4.69. The Bertz CT molecular complexity index is 1890. The standard InChI is InChI=1S/C51H75NO14/c1-28-14-13-17-35-27-59-48-43(52-58-9)31(4)22-38(51(35,48)55)49(54)62-37-23-36(65-50(26-37)21-20-30(3)46(66-50)34-15-11-10-12-16-34)19-18-29(2)45(28)63-42-25-40(57-8)47(33(6)61-42)64-41-24-39(56-7)44(53)32(5)60-41/h13-14,17-18,20-22,28,30,32-34,36-42,44-48,53,55H,10-12,15-16,19,23-27H2,1-9H3/b14-13+,29-18+,35-17+,52-43+/t28-,30-,32-,33-,36+,37-,38-,39-,40-,41-,42-,44-,45-,46-,47-,48+,50+,51+/m0/s1. The number of allylic oxidation sites excluding steroid dienone is 2. The number of carbonyl (C=O) groups is 1. The lowest BCUT2D eigenvalue weighted by Gasteiger charge is -2.49. The van der Waals surface area contributed by atoms with Crippen LogP contribution in [0, 0.1) is 23.7 Å². The summed E-state index contributed by atoms with van der Waals surface area (Å²) in [6.45, 7) is 12.0. The van der Waals surface area contributed by atoms with E-state index in [-0.39, 0.29) is 36.8 Å². The number of esters is 1. The highest BCUT2D eigenvalue weighted by Gasteiger charge is 2.60. The number of rotatable bonds is 8. The smallest absolute Gasteiger partial charge is 0.316 e. The largest absolute Gasteiger partial charge is 0.462 e. The number of oxime groups is 1. The quantitative estimate of drug-likeness (QED) is 0.153. The van der Waals surface area contributed by atoms with Gasteiger partial charge in [0.25, 0.3) is 0 Å². The first-order chi connectivity index (χ1) is 31.7. The summed E-state index contributed by atoms with van der Waals surface area (Å²) < 4.78 is 64.6. The van der Waals surface area contributed by atoms with Crippen LogP contribution in [-0.4, -0.2) is 141 Å². The number of hydrogen-bond donors (Lipinski definition) is 2. The van der Waals surface area contributed by atoms with E-state index < -0.39 is 84.7 Å². The minimum absolute atomic E-state index is 0.0223. The van der Waals surface area contributed by atoms with E-state index in [1.54, 1.807) is 27.2 Å². The van der Waals surface area contributed by atoms with Gasteiger partial charge in [-0.15, -0.1) is 0 Å². The van der Waals surface area contributed by atoms with Crippen LogP contribution in [0.15, 0.2) is 64.4 Å². The molecule has 0 unspecified atom stereocenters. The highest BCUT2D eigenvalue weighted by atomic mass is 16.7. The van der Waals surface area contributed by atoms with Crippen molar-refractivity contribution in [2.45, 2.75) is 197 Å². The Morgan fingerprint density at radius 3 is 2.32 bits per heavy atom. The van der Waals surface area contributed by atoms with Crippen LogP contribution >= 0.6 is 0 Å². The first-order valence-electron chi connectivity index (χ1n) is 24.5. The SMILES string of the molecule is CO/N=C1\C(C)=C[C@H]2C(=O)O[C@H]3C[C@@H](C/C=C(\C)[C@@H](O[C@H]4C[C@H](OC)[C@@H](O[C@H]5C[C@H](OC)[C@@H](O)[C@H](C)O5)[C@H](C)O4)[C@@H](C)/C=C/C=C4\CO[C@H]1[C@@]42O)O[C@@]1(C=C[C@H](C)[C@@H](C2CCCCC2)O1)C3. The molecule has 0 amide bonds. The molecule has 0 radical (unpaired) electrons. The van der Waals surface area contributed by atoms with Crippen LogP contribution in [0.2, 0.25) is 0 Å². The third-order valence-corrected chi connectivity index (χ3v) is 15.4. The van der Waals surface area contributed by atoms with Crippen LogP contribution in [0.4, 0.5) is 0 Å². The number of methoxy groups -OCH3 is 2. The average molecular weight is 926 g/mol. The van der Waals surface area contributed by atoms with Crippen molar-refractivity contribution in [3.8, 4) is 0 Å². The number of hydrogen-bond acceptors (Lipinski definition) is 15. The van der Waals surface area contributed by atoms with Crippen LogP contribution < -0.4 is 0 Å². The topological polar surface area (TPSA) is 171 Å². The van der Waals surface area contributed by atoms with E-state index in [0.29, 0.717) is 54.9 Å². The fourth-order valence-corrected chi connectivity index (χ4v) is 11.8. The van der Waals surface area contributed by atoms with Crippen LogP contribution in [0.25, 0.3) is 0 Å². The third-order valence-electron chi connectivity index (χ3n) is 15.4. The molecule has 6 aliphatic heterocycles. The highest BCUT2D eigenvalue weighted by molar-refractivity contribution is 6.07. The Hall–Kier alpha value is -2.80. The van der Waals surface area contributed by atoms with Crippen LogP contribution in [-0.2, 0) is 57.0 Å². The molecule has 1 spiro atoms. The predicted octanol–water partition coefficient (Wildman–Crippen LogP) is 6.55. The molecule has 1 saturated carbocycles. The Morgan fingerprint density at radius 1 is 0.848 bits per heavy atom. The number of fused-ring (bicyclic) bond motifs is 2. The van der Waals surface area contributed by atoms with E-state index in [0.717, 1.165) is 18.4 Å². The summed E-state index contributed by atoms with van der Waals surface area (Å²) in [6.07, 6.45) is 15.3. The zero-order valence-corrected chi connectivity index (χ0v) is 40.4. The summed E-state index contributed by atoms with van der Waals surface area (Å²) >= 11 is 0. The zero-order chi connectivity index (χ0) is 46.9. The van der Waals surface area contributed by atoms with Crippen molar-refractivity contribution in [3.05, 3.63) is 59.3 Å². The van der Waals surface area contributed by atoms with Gasteiger partial charge in [-0.3, -0.25) is 4.79 Å². The maximum Gasteiger partial charge on any atom is 0.316 e. The summed E-state index contributed by atoms with van der Waals surface area (Å²) in [5.74, 6) is -2.26. The van der Waals surface area contributed by atoms with Gasteiger partial charge in [-0.1, -0.05) is 74.7 Å². The van der Waals surface area contributed by atoms with Gasteiger partial charge in [0.15, 0.2) is 18.4 Å². The van der Waals surface area contributed by atoms with Gasteiger partial charge in [-0.2, -0.15) is 0 Å². The van der Waals surface area contributed by atoms with Gasteiger partial charge < -0.3 is 62.4 Å². The summed E-state index contributed by atoms with van der Waals surface area (Å²) in [5, 5.41) is 27.6. The van der Waals surface area contributed by atoms with Gasteiger partial charge in [0, 0.05) is 51.7 Å². The van der Waals surface area contributed by atoms with Crippen molar-refractivity contribution < 1.29 is 67.2 Å².